The van der Waals surface area contributed by atoms with Crippen LogP contribution in [0.5, 0.6) is 0 Å². The molecule has 1 aromatic rings. The predicted octanol–water partition coefficient (Wildman–Crippen LogP) is 0.973. The monoisotopic (exact) mass is 421 g/mol. The van der Waals surface area contributed by atoms with Crippen molar-refractivity contribution in [2.24, 2.45) is 5.92 Å². The SMILES string of the molecule is CCCO[C@@H]1CC[C@H](C(=O)NCc2cscn2)C[C@H]1NS(C)(=O)=O.O=CO. The Balaban J connectivity index is 0.00000114. The Morgan fingerprint density at radius 3 is 2.74 bits per heavy atom. The zero-order chi connectivity index (χ0) is 20.3. The van der Waals surface area contributed by atoms with Crippen LogP contribution < -0.4 is 10.0 Å². The Morgan fingerprint density at radius 2 is 2.19 bits per heavy atom. The minimum atomic E-state index is -3.35. The molecule has 1 heterocycles. The summed E-state index contributed by atoms with van der Waals surface area (Å²) in [4.78, 5) is 24.9. The molecule has 27 heavy (non-hydrogen) atoms. The average Bonchev–Trinajstić information content (AvgIpc) is 3.11. The fourth-order valence-corrected chi connectivity index (χ4v) is 4.25. The number of hydrogen-bond donors (Lipinski definition) is 3. The van der Waals surface area contributed by atoms with E-state index in [1.165, 1.54) is 11.3 Å². The quantitative estimate of drug-likeness (QED) is 0.532. The summed E-state index contributed by atoms with van der Waals surface area (Å²) in [6.45, 7) is 2.75. The third-order valence-electron chi connectivity index (χ3n) is 3.99. The van der Waals surface area contributed by atoms with Crippen molar-refractivity contribution in [3.05, 3.63) is 16.6 Å². The largest absolute Gasteiger partial charge is 0.483 e. The van der Waals surface area contributed by atoms with Crippen LogP contribution in [-0.2, 0) is 30.9 Å². The number of thiazole rings is 1. The molecule has 154 valence electrons. The first-order chi connectivity index (χ1) is 12.8. The third-order valence-corrected chi connectivity index (χ3v) is 5.35. The number of amides is 1. The van der Waals surface area contributed by atoms with Crippen LogP contribution in [-0.4, -0.2) is 55.9 Å². The van der Waals surface area contributed by atoms with Gasteiger partial charge in [-0.25, -0.2) is 18.1 Å². The Labute approximate surface area is 163 Å². The molecule has 1 amide bonds. The van der Waals surface area contributed by atoms with Gasteiger partial charge < -0.3 is 15.2 Å². The molecule has 0 spiro atoms. The van der Waals surface area contributed by atoms with Gasteiger partial charge in [0.2, 0.25) is 15.9 Å². The molecule has 1 fully saturated rings. The number of nitrogens with one attached hydrogen (secondary N) is 2. The van der Waals surface area contributed by atoms with Gasteiger partial charge in [-0.2, -0.15) is 0 Å². The van der Waals surface area contributed by atoms with Crippen molar-refractivity contribution in [3.8, 4) is 0 Å². The Bertz CT molecular complexity index is 666. The lowest BCUT2D eigenvalue weighted by molar-refractivity contribution is -0.127. The van der Waals surface area contributed by atoms with E-state index in [1.807, 2.05) is 12.3 Å². The maximum absolute atomic E-state index is 12.4. The van der Waals surface area contributed by atoms with Crippen LogP contribution in [0.15, 0.2) is 10.9 Å². The molecule has 3 N–H and O–H groups in total. The molecule has 9 nitrogen and oxygen atoms in total. The van der Waals surface area contributed by atoms with E-state index in [0.29, 0.717) is 32.4 Å². The fraction of sp³-hybridized carbons (Fsp3) is 0.688. The highest BCUT2D eigenvalue weighted by molar-refractivity contribution is 7.88. The molecule has 0 radical (unpaired) electrons. The lowest BCUT2D eigenvalue weighted by Gasteiger charge is -2.35. The molecular weight excluding hydrogens is 394 g/mol. The number of nitrogens with zero attached hydrogens (tertiary/aromatic N) is 1. The lowest BCUT2D eigenvalue weighted by atomic mass is 9.83. The molecule has 0 aromatic carbocycles. The van der Waals surface area contributed by atoms with Gasteiger partial charge in [0.25, 0.3) is 6.47 Å². The Morgan fingerprint density at radius 1 is 1.48 bits per heavy atom. The van der Waals surface area contributed by atoms with Crippen LogP contribution >= 0.6 is 11.3 Å². The number of carboxylic acid groups (broad SMARTS) is 1. The normalized spacial score (nSPS) is 22.4. The van der Waals surface area contributed by atoms with Gasteiger partial charge in [-0.15, -0.1) is 11.3 Å². The lowest BCUT2D eigenvalue weighted by Crippen LogP contribution is -2.50. The molecular formula is C16H27N3O6S2. The number of aromatic nitrogens is 1. The zero-order valence-electron chi connectivity index (χ0n) is 15.5. The van der Waals surface area contributed by atoms with Crippen molar-refractivity contribution < 1.29 is 27.9 Å². The van der Waals surface area contributed by atoms with E-state index < -0.39 is 10.0 Å². The Hall–Kier alpha value is -1.56. The number of ether oxygens (including phenoxy) is 1. The second kappa shape index (κ2) is 12.0. The number of carbonyl (C=O) groups is 2. The summed E-state index contributed by atoms with van der Waals surface area (Å²) in [7, 11) is -3.35. The first kappa shape index (κ1) is 23.5. The van der Waals surface area contributed by atoms with Crippen molar-refractivity contribution in [1.29, 1.82) is 0 Å². The van der Waals surface area contributed by atoms with Crippen LogP contribution in [0.1, 0.15) is 38.3 Å². The van der Waals surface area contributed by atoms with Crippen molar-refractivity contribution >= 4 is 33.7 Å². The number of hydrogen-bond acceptors (Lipinski definition) is 7. The highest BCUT2D eigenvalue weighted by atomic mass is 32.2. The first-order valence-electron chi connectivity index (χ1n) is 8.62. The van der Waals surface area contributed by atoms with Gasteiger partial charge >= 0.3 is 0 Å². The van der Waals surface area contributed by atoms with E-state index in [0.717, 1.165) is 18.4 Å². The summed E-state index contributed by atoms with van der Waals surface area (Å²) in [5.41, 5.74) is 2.56. The minimum Gasteiger partial charge on any atom is -0.483 e. The van der Waals surface area contributed by atoms with Crippen molar-refractivity contribution in [1.82, 2.24) is 15.0 Å². The molecule has 11 heteroatoms. The number of carbonyl (C=O) groups excluding carboxylic acids is 1. The average molecular weight is 422 g/mol. The van der Waals surface area contributed by atoms with E-state index in [-0.39, 0.29) is 30.4 Å². The van der Waals surface area contributed by atoms with Crippen LogP contribution in [0.2, 0.25) is 0 Å². The van der Waals surface area contributed by atoms with E-state index in [1.54, 1.807) is 5.51 Å². The van der Waals surface area contributed by atoms with Gasteiger partial charge in [0.1, 0.15) is 0 Å². The molecule has 0 unspecified atom stereocenters. The maximum Gasteiger partial charge on any atom is 0.290 e. The van der Waals surface area contributed by atoms with Gasteiger partial charge in [-0.3, -0.25) is 9.59 Å². The van der Waals surface area contributed by atoms with E-state index in [2.05, 4.69) is 15.0 Å². The van der Waals surface area contributed by atoms with Crippen molar-refractivity contribution in [2.75, 3.05) is 12.9 Å². The third kappa shape index (κ3) is 9.27. The van der Waals surface area contributed by atoms with Crippen molar-refractivity contribution in [2.45, 2.75) is 51.3 Å². The van der Waals surface area contributed by atoms with Crippen LogP contribution in [0.4, 0.5) is 0 Å². The van der Waals surface area contributed by atoms with Gasteiger partial charge in [0.05, 0.1) is 30.1 Å². The molecule has 1 aromatic heterocycles. The van der Waals surface area contributed by atoms with E-state index in [4.69, 9.17) is 14.6 Å². The topological polar surface area (TPSA) is 135 Å². The molecule has 2 rings (SSSR count). The molecule has 1 aliphatic rings. The van der Waals surface area contributed by atoms with Crippen LogP contribution in [0.25, 0.3) is 0 Å². The summed E-state index contributed by atoms with van der Waals surface area (Å²) >= 11 is 1.49. The molecule has 0 bridgehead atoms. The smallest absolute Gasteiger partial charge is 0.290 e. The summed E-state index contributed by atoms with van der Waals surface area (Å²) in [6, 6.07) is -0.365. The summed E-state index contributed by atoms with van der Waals surface area (Å²) < 4.78 is 31.6. The predicted molar refractivity (Wildman–Crippen MR) is 102 cm³/mol. The number of sulfonamides is 1. The second-order valence-electron chi connectivity index (χ2n) is 6.22. The molecule has 3 atom stereocenters. The first-order valence-corrected chi connectivity index (χ1v) is 11.5. The van der Waals surface area contributed by atoms with Gasteiger partial charge in [-0.05, 0) is 25.7 Å². The highest BCUT2D eigenvalue weighted by Crippen LogP contribution is 2.27. The van der Waals surface area contributed by atoms with Crippen LogP contribution in [0.3, 0.4) is 0 Å². The molecule has 0 aliphatic heterocycles. The maximum atomic E-state index is 12.4. The van der Waals surface area contributed by atoms with Gasteiger partial charge in [0.15, 0.2) is 0 Å². The molecule has 1 saturated carbocycles. The minimum absolute atomic E-state index is 0.0581. The second-order valence-corrected chi connectivity index (χ2v) is 8.72. The van der Waals surface area contributed by atoms with E-state index in [9.17, 15) is 13.2 Å². The summed E-state index contributed by atoms with van der Waals surface area (Å²) in [5, 5.41) is 11.7. The summed E-state index contributed by atoms with van der Waals surface area (Å²) in [5.74, 6) is -0.276. The standard InChI is InChI=1S/C15H25N3O4S2.CH2O2/c1-3-6-22-14-5-4-11(7-13(14)18-24(2,20)21)15(19)16-8-12-9-23-10-17-12;2-1-3/h9-11,13-14,18H,3-8H2,1-2H3,(H,16,19);1H,(H,2,3)/t11-,13+,14+;/m0./s1. The highest BCUT2D eigenvalue weighted by Gasteiger charge is 2.35. The Kier molecular flexibility index (Phi) is 10.4. The molecule has 1 aliphatic carbocycles. The van der Waals surface area contributed by atoms with Gasteiger partial charge in [-0.1, -0.05) is 6.92 Å². The van der Waals surface area contributed by atoms with E-state index >= 15 is 0 Å². The molecule has 0 saturated heterocycles. The van der Waals surface area contributed by atoms with Gasteiger partial charge in [0, 0.05) is 23.9 Å². The fourth-order valence-electron chi connectivity index (χ4n) is 2.90. The number of rotatable bonds is 8. The van der Waals surface area contributed by atoms with Crippen LogP contribution in [0, 0.1) is 5.92 Å². The van der Waals surface area contributed by atoms with Crippen molar-refractivity contribution in [3.63, 3.8) is 0 Å². The zero-order valence-corrected chi connectivity index (χ0v) is 17.1. The summed E-state index contributed by atoms with van der Waals surface area (Å²) in [6.07, 6.45) is 3.64.